The van der Waals surface area contributed by atoms with Crippen LogP contribution in [0.5, 0.6) is 5.75 Å². The number of aromatic hydroxyl groups is 1. The van der Waals surface area contributed by atoms with Crippen molar-refractivity contribution in [1.29, 1.82) is 0 Å². The summed E-state index contributed by atoms with van der Waals surface area (Å²) in [4.78, 5) is 11.2. The van der Waals surface area contributed by atoms with Gasteiger partial charge < -0.3 is 5.11 Å². The van der Waals surface area contributed by atoms with E-state index in [-0.39, 0.29) is 17.6 Å². The van der Waals surface area contributed by atoms with Crippen LogP contribution in [-0.2, 0) is 4.79 Å². The highest BCUT2D eigenvalue weighted by Gasteiger charge is 2.26. The van der Waals surface area contributed by atoms with Crippen molar-refractivity contribution in [2.75, 3.05) is 11.6 Å². The zero-order chi connectivity index (χ0) is 10.1. The normalized spacial score (nSPS) is 21.1. The van der Waals surface area contributed by atoms with Crippen molar-refractivity contribution in [3.63, 3.8) is 0 Å². The second-order valence-corrected chi connectivity index (χ2v) is 3.51. The van der Waals surface area contributed by atoms with E-state index in [1.165, 1.54) is 0 Å². The summed E-state index contributed by atoms with van der Waals surface area (Å²) >= 11 is 0. The lowest BCUT2D eigenvalue weighted by molar-refractivity contribution is -0.121. The van der Waals surface area contributed by atoms with Crippen molar-refractivity contribution in [2.45, 2.75) is 6.92 Å². The van der Waals surface area contributed by atoms with Gasteiger partial charge in [0.1, 0.15) is 5.75 Å². The summed E-state index contributed by atoms with van der Waals surface area (Å²) in [5, 5.41) is 11.0. The molecule has 0 bridgehead atoms. The van der Waals surface area contributed by atoms with Crippen molar-refractivity contribution in [1.82, 2.24) is 5.43 Å². The smallest absolute Gasteiger partial charge is 0.243 e. The fourth-order valence-corrected chi connectivity index (χ4v) is 1.48. The number of anilines is 1. The van der Waals surface area contributed by atoms with Gasteiger partial charge in [-0.15, -0.1) is 0 Å². The molecule has 0 spiro atoms. The Morgan fingerprint density at radius 3 is 2.93 bits per heavy atom. The third kappa shape index (κ3) is 1.51. The average Bonchev–Trinajstić information content (AvgIpc) is 2.47. The molecule has 1 aromatic rings. The van der Waals surface area contributed by atoms with Crippen molar-refractivity contribution in [3.8, 4) is 5.75 Å². The zero-order valence-corrected chi connectivity index (χ0v) is 7.90. The summed E-state index contributed by atoms with van der Waals surface area (Å²) in [6.45, 7) is 2.51. The van der Waals surface area contributed by atoms with Gasteiger partial charge in [-0.25, -0.2) is 0 Å². The van der Waals surface area contributed by atoms with E-state index in [1.807, 2.05) is 13.0 Å². The van der Waals surface area contributed by atoms with Crippen LogP contribution >= 0.6 is 0 Å². The molecule has 1 aromatic carbocycles. The SMILES string of the molecule is CC1CN(c2cccc(O)c2)NC1=O. The number of rotatable bonds is 1. The second kappa shape index (κ2) is 3.21. The molecule has 1 amide bonds. The minimum Gasteiger partial charge on any atom is -0.508 e. The Morgan fingerprint density at radius 2 is 2.36 bits per heavy atom. The van der Waals surface area contributed by atoms with Gasteiger partial charge in [0.15, 0.2) is 0 Å². The number of nitrogens with one attached hydrogen (secondary N) is 1. The number of hydrazine groups is 1. The highest BCUT2D eigenvalue weighted by atomic mass is 16.3. The molecule has 0 radical (unpaired) electrons. The van der Waals surface area contributed by atoms with Gasteiger partial charge in [0.25, 0.3) is 0 Å². The molecule has 0 aromatic heterocycles. The van der Waals surface area contributed by atoms with Crippen molar-refractivity contribution < 1.29 is 9.90 Å². The molecule has 2 rings (SSSR count). The molecular weight excluding hydrogens is 180 g/mol. The van der Waals surface area contributed by atoms with Crippen LogP contribution in [0.4, 0.5) is 5.69 Å². The van der Waals surface area contributed by atoms with Gasteiger partial charge in [0.05, 0.1) is 18.2 Å². The number of carbonyl (C=O) groups is 1. The Kier molecular flexibility index (Phi) is 2.04. The van der Waals surface area contributed by atoms with Crippen LogP contribution in [0.15, 0.2) is 24.3 Å². The third-order valence-corrected chi connectivity index (χ3v) is 2.29. The van der Waals surface area contributed by atoms with Gasteiger partial charge in [-0.05, 0) is 12.1 Å². The Morgan fingerprint density at radius 1 is 1.57 bits per heavy atom. The molecular formula is C10H12N2O2. The Bertz CT molecular complexity index is 365. The Hall–Kier alpha value is -1.71. The molecule has 74 valence electrons. The molecule has 0 saturated carbocycles. The topological polar surface area (TPSA) is 52.6 Å². The molecule has 1 atom stereocenters. The summed E-state index contributed by atoms with van der Waals surface area (Å²) in [6, 6.07) is 6.82. The van der Waals surface area contributed by atoms with Crippen LogP contribution in [0, 0.1) is 5.92 Å². The molecule has 4 heteroatoms. The molecule has 14 heavy (non-hydrogen) atoms. The first-order valence-electron chi connectivity index (χ1n) is 4.54. The van der Waals surface area contributed by atoms with Gasteiger partial charge in [0, 0.05) is 6.07 Å². The summed E-state index contributed by atoms with van der Waals surface area (Å²) in [6.07, 6.45) is 0. The van der Waals surface area contributed by atoms with Crippen LogP contribution in [0.1, 0.15) is 6.92 Å². The van der Waals surface area contributed by atoms with Crippen LogP contribution in [0.25, 0.3) is 0 Å². The minimum atomic E-state index is -0.00245. The van der Waals surface area contributed by atoms with Crippen molar-refractivity contribution in [2.24, 2.45) is 5.92 Å². The molecule has 1 saturated heterocycles. The first-order chi connectivity index (χ1) is 6.66. The van der Waals surface area contributed by atoms with Crippen LogP contribution in [0.2, 0.25) is 0 Å². The number of carbonyl (C=O) groups excluding carboxylic acids is 1. The van der Waals surface area contributed by atoms with Crippen LogP contribution < -0.4 is 10.4 Å². The maximum Gasteiger partial charge on any atom is 0.243 e. The van der Waals surface area contributed by atoms with E-state index >= 15 is 0 Å². The number of phenolic OH excluding ortho intramolecular Hbond substituents is 1. The zero-order valence-electron chi connectivity index (χ0n) is 7.90. The van der Waals surface area contributed by atoms with Gasteiger partial charge in [-0.1, -0.05) is 13.0 Å². The second-order valence-electron chi connectivity index (χ2n) is 3.51. The van der Waals surface area contributed by atoms with Gasteiger partial charge in [-0.3, -0.25) is 15.2 Å². The average molecular weight is 192 g/mol. The largest absolute Gasteiger partial charge is 0.508 e. The third-order valence-electron chi connectivity index (χ3n) is 2.29. The molecule has 1 unspecified atom stereocenters. The van der Waals surface area contributed by atoms with E-state index < -0.39 is 0 Å². The highest BCUT2D eigenvalue weighted by molar-refractivity contribution is 5.83. The lowest BCUT2D eigenvalue weighted by atomic mass is 10.2. The predicted molar refractivity (Wildman–Crippen MR) is 52.8 cm³/mol. The first-order valence-corrected chi connectivity index (χ1v) is 4.54. The molecule has 4 nitrogen and oxygen atoms in total. The molecule has 1 aliphatic rings. The number of hydrogen-bond acceptors (Lipinski definition) is 3. The summed E-state index contributed by atoms with van der Waals surface area (Å²) in [5.41, 5.74) is 3.54. The summed E-state index contributed by atoms with van der Waals surface area (Å²) in [7, 11) is 0. The van der Waals surface area contributed by atoms with E-state index in [0.29, 0.717) is 6.54 Å². The number of phenols is 1. The standard InChI is InChI=1S/C10H12N2O2/c1-7-6-12(11-10(7)14)8-3-2-4-9(13)5-8/h2-5,7,13H,6H2,1H3,(H,11,14). The molecule has 1 heterocycles. The number of benzene rings is 1. The Labute approximate surface area is 82.1 Å². The van der Waals surface area contributed by atoms with Crippen LogP contribution in [0.3, 0.4) is 0 Å². The number of hydrogen-bond donors (Lipinski definition) is 2. The maximum absolute atomic E-state index is 11.2. The van der Waals surface area contributed by atoms with E-state index in [1.54, 1.807) is 23.2 Å². The fraction of sp³-hybridized carbons (Fsp3) is 0.300. The minimum absolute atomic E-state index is 0.00245. The van der Waals surface area contributed by atoms with Gasteiger partial charge in [-0.2, -0.15) is 0 Å². The maximum atomic E-state index is 11.2. The van der Waals surface area contributed by atoms with E-state index in [2.05, 4.69) is 5.43 Å². The van der Waals surface area contributed by atoms with Gasteiger partial charge in [0.2, 0.25) is 5.91 Å². The Balaban J connectivity index is 2.21. The molecule has 0 aliphatic carbocycles. The lowest BCUT2D eigenvalue weighted by Gasteiger charge is -2.17. The highest BCUT2D eigenvalue weighted by Crippen LogP contribution is 2.22. The fourth-order valence-electron chi connectivity index (χ4n) is 1.48. The predicted octanol–water partition coefficient (Wildman–Crippen LogP) is 0.879. The number of amides is 1. The van der Waals surface area contributed by atoms with Crippen LogP contribution in [-0.4, -0.2) is 17.6 Å². The number of nitrogens with zero attached hydrogens (tertiary/aromatic N) is 1. The molecule has 2 N–H and O–H groups in total. The van der Waals surface area contributed by atoms with E-state index in [9.17, 15) is 9.90 Å². The van der Waals surface area contributed by atoms with E-state index in [0.717, 1.165) is 5.69 Å². The van der Waals surface area contributed by atoms with Gasteiger partial charge >= 0.3 is 0 Å². The summed E-state index contributed by atoms with van der Waals surface area (Å²) in [5.74, 6) is 0.224. The summed E-state index contributed by atoms with van der Waals surface area (Å²) < 4.78 is 0. The van der Waals surface area contributed by atoms with E-state index in [4.69, 9.17) is 0 Å². The monoisotopic (exact) mass is 192 g/mol. The molecule has 1 fully saturated rings. The van der Waals surface area contributed by atoms with Crippen molar-refractivity contribution >= 4 is 11.6 Å². The van der Waals surface area contributed by atoms with Crippen molar-refractivity contribution in [3.05, 3.63) is 24.3 Å². The quantitative estimate of drug-likeness (QED) is 0.694. The molecule has 1 aliphatic heterocycles. The lowest BCUT2D eigenvalue weighted by Crippen LogP contribution is -2.32. The first kappa shape index (κ1) is 8.87.